The molecule has 1 saturated carbocycles. The monoisotopic (exact) mass is 124 g/mol. The number of ketones is 1. The van der Waals surface area contributed by atoms with Crippen LogP contribution in [0.2, 0.25) is 0 Å². The quantitative estimate of drug-likeness (QED) is 0.487. The Morgan fingerprint density at radius 3 is 2.11 bits per heavy atom. The van der Waals surface area contributed by atoms with Crippen LogP contribution in [0.25, 0.3) is 0 Å². The molecule has 0 spiro atoms. The van der Waals surface area contributed by atoms with E-state index < -0.39 is 0 Å². The summed E-state index contributed by atoms with van der Waals surface area (Å²) in [7, 11) is 0. The molecule has 1 rings (SSSR count). The predicted octanol–water partition coefficient (Wildman–Crippen LogP) is 1.79. The van der Waals surface area contributed by atoms with Crippen molar-refractivity contribution in [3.05, 3.63) is 12.2 Å². The Labute approximate surface area is 55.8 Å². The number of allylic oxidation sites excluding steroid dienone is 2. The number of Topliss-reactive ketones (excluding diaryl/α,β-unsaturated/α-hetero) is 1. The van der Waals surface area contributed by atoms with Crippen LogP contribution in [0.15, 0.2) is 12.2 Å². The topological polar surface area (TPSA) is 17.1 Å². The zero-order valence-corrected chi connectivity index (χ0v) is 6.14. The maximum Gasteiger partial charge on any atom is 0.147 e. The van der Waals surface area contributed by atoms with Gasteiger partial charge in [0.05, 0.1) is 0 Å². The summed E-state index contributed by atoms with van der Waals surface area (Å²) in [6.45, 7) is 5.92. The van der Waals surface area contributed by atoms with Crippen LogP contribution in [0.4, 0.5) is 0 Å². The summed E-state index contributed by atoms with van der Waals surface area (Å²) in [6, 6.07) is 0. The average molecular weight is 124 g/mol. The van der Waals surface area contributed by atoms with Crippen LogP contribution in [-0.2, 0) is 4.79 Å². The Morgan fingerprint density at radius 2 is 2.00 bits per heavy atom. The Balaban J connectivity index is 2.63. The van der Waals surface area contributed by atoms with Crippen molar-refractivity contribution in [2.75, 3.05) is 0 Å². The van der Waals surface area contributed by atoms with Crippen molar-refractivity contribution in [1.29, 1.82) is 0 Å². The average Bonchev–Trinajstić information content (AvgIpc) is 2.19. The zero-order chi connectivity index (χ0) is 7.07. The van der Waals surface area contributed by atoms with Crippen molar-refractivity contribution in [1.82, 2.24) is 0 Å². The Morgan fingerprint density at radius 1 is 1.56 bits per heavy atom. The number of hydrogen-bond acceptors (Lipinski definition) is 1. The summed E-state index contributed by atoms with van der Waals surface area (Å²) in [5.74, 6) is 0.586. The highest BCUT2D eigenvalue weighted by Crippen LogP contribution is 2.47. The summed E-state index contributed by atoms with van der Waals surface area (Å²) >= 11 is 0. The summed E-state index contributed by atoms with van der Waals surface area (Å²) in [6.07, 6.45) is 3.92. The van der Waals surface area contributed by atoms with Crippen LogP contribution in [-0.4, -0.2) is 5.78 Å². The molecule has 1 atom stereocenters. The molecule has 0 aliphatic heterocycles. The van der Waals surface area contributed by atoms with Gasteiger partial charge in [-0.15, -0.1) is 0 Å². The van der Waals surface area contributed by atoms with E-state index in [2.05, 4.69) is 0 Å². The van der Waals surface area contributed by atoms with Gasteiger partial charge < -0.3 is 0 Å². The van der Waals surface area contributed by atoms with E-state index in [1.54, 1.807) is 0 Å². The molecule has 0 aromatic heterocycles. The van der Waals surface area contributed by atoms with E-state index in [9.17, 15) is 4.79 Å². The molecule has 0 aromatic rings. The highest BCUT2D eigenvalue weighted by molar-refractivity contribution is 6.04. The van der Waals surface area contributed by atoms with E-state index >= 15 is 0 Å². The van der Waals surface area contributed by atoms with E-state index in [1.165, 1.54) is 0 Å². The van der Waals surface area contributed by atoms with Crippen molar-refractivity contribution in [2.24, 2.45) is 11.3 Å². The van der Waals surface area contributed by atoms with Gasteiger partial charge in [-0.2, -0.15) is 0 Å². The zero-order valence-electron chi connectivity index (χ0n) is 6.14. The van der Waals surface area contributed by atoms with Gasteiger partial charge >= 0.3 is 0 Å². The van der Waals surface area contributed by atoms with Gasteiger partial charge in [0.15, 0.2) is 0 Å². The lowest BCUT2D eigenvalue weighted by molar-refractivity contribution is -0.112. The van der Waals surface area contributed by atoms with E-state index in [0.717, 1.165) is 0 Å². The Hall–Kier alpha value is -0.590. The lowest BCUT2D eigenvalue weighted by Gasteiger charge is -1.89. The van der Waals surface area contributed by atoms with Gasteiger partial charge in [-0.05, 0) is 6.92 Å². The van der Waals surface area contributed by atoms with Gasteiger partial charge in [-0.1, -0.05) is 26.0 Å². The molecule has 1 unspecified atom stereocenters. The predicted molar refractivity (Wildman–Crippen MR) is 37.1 cm³/mol. The summed E-state index contributed by atoms with van der Waals surface area (Å²) in [5, 5.41) is 0. The van der Waals surface area contributed by atoms with E-state index in [4.69, 9.17) is 0 Å². The first-order valence-electron chi connectivity index (χ1n) is 3.28. The van der Waals surface area contributed by atoms with Crippen molar-refractivity contribution >= 4 is 5.78 Å². The molecular formula is C8H12O. The molecule has 9 heavy (non-hydrogen) atoms. The lowest BCUT2D eigenvalue weighted by Crippen LogP contribution is -1.87. The highest BCUT2D eigenvalue weighted by Gasteiger charge is 2.55. The fourth-order valence-corrected chi connectivity index (χ4v) is 1.06. The van der Waals surface area contributed by atoms with Crippen LogP contribution >= 0.6 is 0 Å². The molecule has 0 aromatic carbocycles. The largest absolute Gasteiger partial charge is 0.298 e. The van der Waals surface area contributed by atoms with Gasteiger partial charge in [0.25, 0.3) is 0 Å². The minimum absolute atomic E-state index is 0.0491. The summed E-state index contributed by atoms with van der Waals surface area (Å²) in [4.78, 5) is 10.9. The van der Waals surface area contributed by atoms with Crippen LogP contribution < -0.4 is 0 Å². The second-order valence-corrected chi connectivity index (χ2v) is 3.09. The smallest absolute Gasteiger partial charge is 0.147 e. The molecule has 50 valence electrons. The fraction of sp³-hybridized carbons (Fsp3) is 0.625. The minimum atomic E-state index is -0.0491. The van der Waals surface area contributed by atoms with E-state index in [1.807, 2.05) is 32.9 Å². The molecule has 1 aliphatic rings. The first-order chi connectivity index (χ1) is 4.10. The van der Waals surface area contributed by atoms with Gasteiger partial charge in [-0.25, -0.2) is 0 Å². The maximum absolute atomic E-state index is 10.9. The van der Waals surface area contributed by atoms with Gasteiger partial charge in [0.2, 0.25) is 0 Å². The van der Waals surface area contributed by atoms with Gasteiger partial charge in [-0.3, -0.25) is 4.79 Å². The van der Waals surface area contributed by atoms with Gasteiger partial charge in [0.1, 0.15) is 5.78 Å². The van der Waals surface area contributed by atoms with E-state index in [-0.39, 0.29) is 11.3 Å². The number of rotatable bonds is 1. The molecule has 0 N–H and O–H groups in total. The first-order valence-corrected chi connectivity index (χ1v) is 3.28. The normalized spacial score (nSPS) is 31.4. The number of hydrogen-bond donors (Lipinski definition) is 0. The van der Waals surface area contributed by atoms with Crippen LogP contribution in [0.5, 0.6) is 0 Å². The van der Waals surface area contributed by atoms with Crippen LogP contribution in [0, 0.1) is 11.3 Å². The summed E-state index contributed by atoms with van der Waals surface area (Å²) in [5.41, 5.74) is -0.0491. The molecule has 0 heterocycles. The molecule has 0 radical (unpaired) electrons. The second kappa shape index (κ2) is 1.69. The molecular weight excluding hydrogens is 112 g/mol. The molecule has 0 saturated heterocycles. The standard InChI is InChI=1S/C8H12O/c1-4-5-6-7(9)8(6,2)3/h4-6H,1-3H3. The van der Waals surface area contributed by atoms with Crippen molar-refractivity contribution in [3.8, 4) is 0 Å². The number of carbonyl (C=O) groups is 1. The highest BCUT2D eigenvalue weighted by atomic mass is 16.1. The third-order valence-corrected chi connectivity index (χ3v) is 2.00. The second-order valence-electron chi connectivity index (χ2n) is 3.09. The van der Waals surface area contributed by atoms with Crippen LogP contribution in [0.1, 0.15) is 20.8 Å². The molecule has 0 bridgehead atoms. The molecule has 1 aliphatic carbocycles. The molecule has 1 fully saturated rings. The Kier molecular flexibility index (Phi) is 1.23. The third kappa shape index (κ3) is 0.805. The van der Waals surface area contributed by atoms with Crippen molar-refractivity contribution in [2.45, 2.75) is 20.8 Å². The lowest BCUT2D eigenvalue weighted by atomic mass is 10.1. The maximum atomic E-state index is 10.9. The molecule has 1 nitrogen and oxygen atoms in total. The van der Waals surface area contributed by atoms with Crippen molar-refractivity contribution in [3.63, 3.8) is 0 Å². The number of carbonyl (C=O) groups excluding carboxylic acids is 1. The summed E-state index contributed by atoms with van der Waals surface area (Å²) < 4.78 is 0. The third-order valence-electron chi connectivity index (χ3n) is 2.00. The SMILES string of the molecule is CC=CC1C(=O)C1(C)C. The van der Waals surface area contributed by atoms with E-state index in [0.29, 0.717) is 5.78 Å². The van der Waals surface area contributed by atoms with Crippen LogP contribution in [0.3, 0.4) is 0 Å². The minimum Gasteiger partial charge on any atom is -0.298 e. The molecule has 1 heteroatoms. The Bertz CT molecular complexity index is 165. The molecule has 0 amide bonds. The first kappa shape index (κ1) is 6.53. The van der Waals surface area contributed by atoms with Crippen molar-refractivity contribution < 1.29 is 4.79 Å². The fourth-order valence-electron chi connectivity index (χ4n) is 1.06. The van der Waals surface area contributed by atoms with Gasteiger partial charge in [0, 0.05) is 11.3 Å².